The minimum atomic E-state index is 1.05. The Kier molecular flexibility index (Phi) is 1.25. The maximum atomic E-state index is 3.80. The van der Waals surface area contributed by atoms with Crippen LogP contribution in [-0.2, 0) is 0 Å². The van der Waals surface area contributed by atoms with Crippen LogP contribution in [-0.4, -0.2) is 13.6 Å². The van der Waals surface area contributed by atoms with E-state index in [2.05, 4.69) is 10.4 Å². The van der Waals surface area contributed by atoms with E-state index >= 15 is 0 Å². The fraction of sp³-hybridized carbons (Fsp3) is 1.00. The van der Waals surface area contributed by atoms with Gasteiger partial charge in [-0.15, -0.1) is 0 Å². The van der Waals surface area contributed by atoms with E-state index in [9.17, 15) is 0 Å². The first-order valence-corrected chi connectivity index (χ1v) is 2.24. The molecule has 1 aliphatic heterocycles. The molecule has 0 aromatic heterocycles. The van der Waals surface area contributed by atoms with E-state index in [1.54, 1.807) is 0 Å². The molecule has 0 aromatic rings. The topological polar surface area (TPSA) is 24.4 Å². The normalized spacial score (nSPS) is 18.7. The summed E-state index contributed by atoms with van der Waals surface area (Å²) in [6.45, 7) is 1.05. The van der Waals surface area contributed by atoms with E-state index in [0.29, 0.717) is 0 Å². The molecule has 0 unspecified atom stereocenters. The summed E-state index contributed by atoms with van der Waals surface area (Å²) in [5.74, 6) is 0. The van der Waals surface area contributed by atoms with Crippen LogP contribution in [0.4, 0.5) is 0 Å². The van der Waals surface area contributed by atoms with Gasteiger partial charge in [0, 0.05) is 0 Å². The van der Waals surface area contributed by atoms with Gasteiger partial charge in [0.2, 0.25) is 0 Å². The molecule has 0 saturated carbocycles. The van der Waals surface area contributed by atoms with Crippen molar-refractivity contribution >= 4 is 7.07 Å². The summed E-state index contributed by atoms with van der Waals surface area (Å²) in [6.07, 6.45) is 2.39. The molecule has 0 aromatic carbocycles. The first-order chi connectivity index (χ1) is 3.00. The number of nitrogens with zero attached hydrogens (tertiary/aromatic N) is 1. The molecule has 1 heterocycles. The molecule has 1 rings (SSSR count). The van der Waals surface area contributed by atoms with Crippen LogP contribution in [0.15, 0.2) is 5.00 Å². The zero-order valence-corrected chi connectivity index (χ0v) is 3.65. The fourth-order valence-electron chi connectivity index (χ4n) is 0.466. The summed E-state index contributed by atoms with van der Waals surface area (Å²) >= 11 is 0. The Morgan fingerprint density at radius 1 is 1.67 bits per heavy atom. The third kappa shape index (κ3) is 0.811. The summed E-state index contributed by atoms with van der Waals surface area (Å²) in [6, 6.07) is 0. The third-order valence-electron chi connectivity index (χ3n) is 0.804. The first kappa shape index (κ1) is 3.84. The van der Waals surface area contributed by atoms with Gasteiger partial charge in [0.05, 0.1) is 0 Å². The van der Waals surface area contributed by atoms with Gasteiger partial charge in [-0.05, 0) is 0 Å². The first-order valence-electron chi connectivity index (χ1n) is 2.24. The van der Waals surface area contributed by atoms with Crippen molar-refractivity contribution in [3.8, 4) is 0 Å². The predicted molar refractivity (Wildman–Crippen MR) is 25.6 cm³/mol. The molecule has 32 valence electrons. The van der Waals surface area contributed by atoms with Crippen LogP contribution in [0.5, 0.6) is 0 Å². The Balaban J connectivity index is 2.26. The van der Waals surface area contributed by atoms with Gasteiger partial charge in [-0.25, -0.2) is 0 Å². The Labute approximate surface area is 37.9 Å². The molecule has 0 spiro atoms. The minimum absolute atomic E-state index is 1.05. The Hall–Kier alpha value is -0.335. The molecule has 1 aliphatic rings. The standard InChI is InChI=1S/C3H7BN2/c1-2-4-6-5-3-1/h5H,1-3H2. The zero-order chi connectivity index (χ0) is 4.24. The van der Waals surface area contributed by atoms with Gasteiger partial charge in [-0.2, -0.15) is 0 Å². The van der Waals surface area contributed by atoms with E-state index in [1.165, 1.54) is 6.42 Å². The molecular formula is C3H7BN2. The van der Waals surface area contributed by atoms with Crippen LogP contribution in [0.25, 0.3) is 0 Å². The van der Waals surface area contributed by atoms with E-state index in [1.807, 2.05) is 7.07 Å². The van der Waals surface area contributed by atoms with Crippen LogP contribution in [0.2, 0.25) is 6.32 Å². The van der Waals surface area contributed by atoms with Gasteiger partial charge in [0.1, 0.15) is 0 Å². The molecule has 0 fully saturated rings. The Morgan fingerprint density at radius 3 is 2.83 bits per heavy atom. The fourth-order valence-corrected chi connectivity index (χ4v) is 0.466. The van der Waals surface area contributed by atoms with Crippen molar-refractivity contribution in [3.05, 3.63) is 0 Å². The van der Waals surface area contributed by atoms with Gasteiger partial charge >= 0.3 is 36.8 Å². The molecule has 0 radical (unpaired) electrons. The van der Waals surface area contributed by atoms with Crippen LogP contribution in [0, 0.1) is 0 Å². The van der Waals surface area contributed by atoms with Gasteiger partial charge in [0.15, 0.2) is 0 Å². The number of hydrogen-bond donors (Lipinski definition) is 1. The SMILES string of the molecule is B1=NNCCC1. The van der Waals surface area contributed by atoms with Crippen molar-refractivity contribution < 1.29 is 0 Å². The van der Waals surface area contributed by atoms with Crippen molar-refractivity contribution in [1.29, 1.82) is 0 Å². The average Bonchev–Trinajstić information content (AvgIpc) is 1.72. The van der Waals surface area contributed by atoms with E-state index in [0.717, 1.165) is 12.9 Å². The van der Waals surface area contributed by atoms with Crippen molar-refractivity contribution in [3.63, 3.8) is 0 Å². The molecule has 2 nitrogen and oxygen atoms in total. The van der Waals surface area contributed by atoms with Crippen LogP contribution < -0.4 is 5.43 Å². The third-order valence-corrected chi connectivity index (χ3v) is 0.804. The summed E-state index contributed by atoms with van der Waals surface area (Å²) in [4.78, 5) is 0. The number of rotatable bonds is 0. The Bertz CT molecular complexity index is 53.8. The molecule has 6 heavy (non-hydrogen) atoms. The molecule has 0 aliphatic carbocycles. The molecule has 0 bridgehead atoms. The van der Waals surface area contributed by atoms with E-state index in [-0.39, 0.29) is 0 Å². The monoisotopic (exact) mass is 82.1 g/mol. The van der Waals surface area contributed by atoms with Gasteiger partial charge in [-0.3, -0.25) is 0 Å². The quantitative estimate of drug-likeness (QED) is 0.414. The second kappa shape index (κ2) is 1.95. The van der Waals surface area contributed by atoms with Crippen molar-refractivity contribution in [1.82, 2.24) is 5.43 Å². The molecule has 3 heteroatoms. The second-order valence-corrected chi connectivity index (χ2v) is 1.36. The van der Waals surface area contributed by atoms with E-state index in [4.69, 9.17) is 0 Å². The van der Waals surface area contributed by atoms with Crippen molar-refractivity contribution in [2.24, 2.45) is 5.00 Å². The molecular weight excluding hydrogens is 74.9 g/mol. The van der Waals surface area contributed by atoms with Crippen LogP contribution in [0.1, 0.15) is 6.42 Å². The summed E-state index contributed by atoms with van der Waals surface area (Å²) < 4.78 is 0. The predicted octanol–water partition coefficient (Wildman–Crippen LogP) is 0.201. The number of nitrogens with one attached hydrogen (secondary N) is 1. The molecule has 1 N–H and O–H groups in total. The maximum absolute atomic E-state index is 3.80. The summed E-state index contributed by atoms with van der Waals surface area (Å²) in [7, 11) is 1.91. The average molecular weight is 81.9 g/mol. The molecule has 0 amide bonds. The summed E-state index contributed by atoms with van der Waals surface area (Å²) in [5, 5.41) is 3.80. The van der Waals surface area contributed by atoms with Crippen LogP contribution >= 0.6 is 0 Å². The van der Waals surface area contributed by atoms with Crippen LogP contribution in [0.3, 0.4) is 0 Å². The Morgan fingerprint density at radius 2 is 2.67 bits per heavy atom. The van der Waals surface area contributed by atoms with E-state index < -0.39 is 0 Å². The van der Waals surface area contributed by atoms with Crippen molar-refractivity contribution in [2.75, 3.05) is 6.54 Å². The number of hydrogen-bond acceptors (Lipinski definition) is 2. The molecule has 0 saturated heterocycles. The molecule has 0 atom stereocenters. The second-order valence-electron chi connectivity index (χ2n) is 1.36. The van der Waals surface area contributed by atoms with Crippen molar-refractivity contribution in [2.45, 2.75) is 12.7 Å². The van der Waals surface area contributed by atoms with Gasteiger partial charge < -0.3 is 0 Å². The van der Waals surface area contributed by atoms with Gasteiger partial charge in [0.25, 0.3) is 0 Å². The zero-order valence-electron chi connectivity index (χ0n) is 3.65. The van der Waals surface area contributed by atoms with Gasteiger partial charge in [-0.1, -0.05) is 0 Å². The summed E-state index contributed by atoms with van der Waals surface area (Å²) in [5.41, 5.74) is 2.85.